The third-order valence-corrected chi connectivity index (χ3v) is 10.6. The smallest absolute Gasteiger partial charge is 0.226 e. The van der Waals surface area contributed by atoms with Crippen molar-refractivity contribution in [3.8, 4) is 0 Å². The van der Waals surface area contributed by atoms with Crippen molar-refractivity contribution in [3.63, 3.8) is 0 Å². The normalized spacial score (nSPS) is 44.4. The maximum atomic E-state index is 12.4. The van der Waals surface area contributed by atoms with E-state index < -0.39 is 0 Å². The standard InChI is InChI=1S/C28H47NO/c1-18(2)9-8-10-19(3)21-11-12-22-26-20(4)17-24-28(6,16-14-25(30)29(24)7)23(26)13-15-27(21,22)5/h17-23,26H,8-16H2,1-7H3/t19?,20-,21?,22?,23?,26?,27+,28+/m0/s1. The average molecular weight is 414 g/mol. The molecule has 170 valence electrons. The molecule has 2 nitrogen and oxygen atoms in total. The zero-order valence-corrected chi connectivity index (χ0v) is 20.8. The highest BCUT2D eigenvalue weighted by atomic mass is 16.2. The Labute approximate surface area is 186 Å². The topological polar surface area (TPSA) is 20.3 Å². The highest BCUT2D eigenvalue weighted by Crippen LogP contribution is 2.68. The summed E-state index contributed by atoms with van der Waals surface area (Å²) < 4.78 is 0. The molecule has 8 atom stereocenters. The van der Waals surface area contributed by atoms with Gasteiger partial charge >= 0.3 is 0 Å². The van der Waals surface area contributed by atoms with Crippen LogP contribution in [0, 0.1) is 52.3 Å². The molecule has 0 aromatic heterocycles. The van der Waals surface area contributed by atoms with E-state index in [2.05, 4.69) is 47.6 Å². The van der Waals surface area contributed by atoms with Gasteiger partial charge in [-0.25, -0.2) is 0 Å². The largest absolute Gasteiger partial charge is 0.319 e. The van der Waals surface area contributed by atoms with Gasteiger partial charge in [-0.05, 0) is 78.9 Å². The highest BCUT2D eigenvalue weighted by molar-refractivity contribution is 5.79. The first-order valence-electron chi connectivity index (χ1n) is 13.1. The van der Waals surface area contributed by atoms with E-state index >= 15 is 0 Å². The first-order chi connectivity index (χ1) is 14.1. The van der Waals surface area contributed by atoms with Crippen LogP contribution < -0.4 is 0 Å². The van der Waals surface area contributed by atoms with Crippen molar-refractivity contribution >= 4 is 5.91 Å². The Hall–Kier alpha value is -0.790. The molecule has 0 aromatic carbocycles. The van der Waals surface area contributed by atoms with E-state index in [1.165, 1.54) is 50.6 Å². The number of likely N-dealkylation sites (tertiary alicyclic amines) is 1. The number of piperidine rings is 1. The molecule has 1 amide bonds. The lowest BCUT2D eigenvalue weighted by atomic mass is 9.46. The molecule has 0 bridgehead atoms. The summed E-state index contributed by atoms with van der Waals surface area (Å²) in [6.07, 6.45) is 14.2. The first-order valence-corrected chi connectivity index (χ1v) is 13.1. The number of rotatable bonds is 5. The van der Waals surface area contributed by atoms with Gasteiger partial charge in [0.25, 0.3) is 0 Å². The van der Waals surface area contributed by atoms with Crippen molar-refractivity contribution in [1.29, 1.82) is 0 Å². The fraction of sp³-hybridized carbons (Fsp3) is 0.893. The van der Waals surface area contributed by atoms with Crippen LogP contribution in [0.5, 0.6) is 0 Å². The molecule has 30 heavy (non-hydrogen) atoms. The number of amides is 1. The molecular weight excluding hydrogens is 366 g/mol. The van der Waals surface area contributed by atoms with Crippen LogP contribution in [0.1, 0.15) is 99.3 Å². The van der Waals surface area contributed by atoms with Crippen LogP contribution in [-0.4, -0.2) is 17.9 Å². The Bertz CT molecular complexity index is 695. The molecule has 4 aliphatic rings. The van der Waals surface area contributed by atoms with E-state index in [1.54, 1.807) is 0 Å². The summed E-state index contributed by atoms with van der Waals surface area (Å²) in [6.45, 7) is 14.9. The van der Waals surface area contributed by atoms with Crippen LogP contribution in [0.25, 0.3) is 0 Å². The van der Waals surface area contributed by atoms with E-state index in [4.69, 9.17) is 0 Å². The zero-order chi connectivity index (χ0) is 21.8. The molecule has 2 saturated carbocycles. The predicted octanol–water partition coefficient (Wildman–Crippen LogP) is 7.30. The van der Waals surface area contributed by atoms with E-state index in [0.29, 0.717) is 17.2 Å². The van der Waals surface area contributed by atoms with Gasteiger partial charge < -0.3 is 4.90 Å². The SMILES string of the molecule is CC(C)CCCC(C)C1CCC2C3C(CC[C@]12C)[C@@]1(C)CCC(=O)N(C)C1=C[C@@H]3C. The van der Waals surface area contributed by atoms with Gasteiger partial charge in [0.05, 0.1) is 0 Å². The Morgan fingerprint density at radius 1 is 1.07 bits per heavy atom. The monoisotopic (exact) mass is 413 g/mol. The Kier molecular flexibility index (Phi) is 5.95. The molecule has 1 heterocycles. The molecule has 0 N–H and O–H groups in total. The number of hydrogen-bond acceptors (Lipinski definition) is 1. The van der Waals surface area contributed by atoms with Crippen molar-refractivity contribution in [2.75, 3.05) is 7.05 Å². The van der Waals surface area contributed by atoms with Crippen molar-refractivity contribution in [2.24, 2.45) is 52.3 Å². The van der Waals surface area contributed by atoms with E-state index in [9.17, 15) is 4.79 Å². The molecule has 3 fully saturated rings. The molecule has 3 aliphatic carbocycles. The summed E-state index contributed by atoms with van der Waals surface area (Å²) >= 11 is 0. The molecule has 1 saturated heterocycles. The summed E-state index contributed by atoms with van der Waals surface area (Å²) in [4.78, 5) is 14.4. The summed E-state index contributed by atoms with van der Waals surface area (Å²) in [6, 6.07) is 0. The molecule has 0 spiro atoms. The first kappa shape index (κ1) is 22.4. The molecule has 0 aromatic rings. The van der Waals surface area contributed by atoms with Crippen LogP contribution in [0.15, 0.2) is 11.8 Å². The van der Waals surface area contributed by atoms with Crippen LogP contribution in [-0.2, 0) is 4.79 Å². The molecule has 2 heteroatoms. The van der Waals surface area contributed by atoms with Crippen LogP contribution >= 0.6 is 0 Å². The lowest BCUT2D eigenvalue weighted by Gasteiger charge is -2.60. The van der Waals surface area contributed by atoms with Crippen molar-refractivity contribution in [3.05, 3.63) is 11.8 Å². The second-order valence-electron chi connectivity index (χ2n) is 12.6. The number of allylic oxidation sites excluding steroid dienone is 2. The summed E-state index contributed by atoms with van der Waals surface area (Å²) in [5.41, 5.74) is 2.10. The van der Waals surface area contributed by atoms with Crippen molar-refractivity contribution in [2.45, 2.75) is 99.3 Å². The van der Waals surface area contributed by atoms with E-state index in [1.807, 2.05) is 11.9 Å². The average Bonchev–Trinajstić information content (AvgIpc) is 3.03. The minimum atomic E-state index is 0.210. The lowest BCUT2D eigenvalue weighted by molar-refractivity contribution is -0.137. The number of carbonyl (C=O) groups excluding carboxylic acids is 1. The molecule has 1 aliphatic heterocycles. The highest BCUT2D eigenvalue weighted by Gasteiger charge is 2.61. The maximum absolute atomic E-state index is 12.4. The number of fused-ring (bicyclic) bond motifs is 5. The minimum Gasteiger partial charge on any atom is -0.319 e. The zero-order valence-electron chi connectivity index (χ0n) is 20.8. The van der Waals surface area contributed by atoms with E-state index in [-0.39, 0.29) is 5.41 Å². The van der Waals surface area contributed by atoms with Gasteiger partial charge in [-0.3, -0.25) is 4.79 Å². The molecule has 5 unspecified atom stereocenters. The second kappa shape index (κ2) is 7.96. The van der Waals surface area contributed by atoms with E-state index in [0.717, 1.165) is 48.3 Å². The summed E-state index contributed by atoms with van der Waals surface area (Å²) in [7, 11) is 2.02. The Morgan fingerprint density at radius 2 is 1.80 bits per heavy atom. The molecular formula is C28H47NO. The predicted molar refractivity (Wildman–Crippen MR) is 126 cm³/mol. The molecule has 0 radical (unpaired) electrons. The maximum Gasteiger partial charge on any atom is 0.226 e. The van der Waals surface area contributed by atoms with Crippen molar-refractivity contribution < 1.29 is 4.79 Å². The van der Waals surface area contributed by atoms with Crippen LogP contribution in [0.2, 0.25) is 0 Å². The Balaban J connectivity index is 1.57. The van der Waals surface area contributed by atoms with Gasteiger partial charge in [0.2, 0.25) is 5.91 Å². The third-order valence-electron chi connectivity index (χ3n) is 10.6. The summed E-state index contributed by atoms with van der Waals surface area (Å²) in [5, 5.41) is 0. The number of nitrogens with zero attached hydrogens (tertiary/aromatic N) is 1. The van der Waals surface area contributed by atoms with Gasteiger partial charge in [0.15, 0.2) is 0 Å². The Morgan fingerprint density at radius 3 is 2.50 bits per heavy atom. The summed E-state index contributed by atoms with van der Waals surface area (Å²) in [5.74, 6) is 5.99. The van der Waals surface area contributed by atoms with Gasteiger partial charge in [0.1, 0.15) is 0 Å². The van der Waals surface area contributed by atoms with Gasteiger partial charge in [-0.15, -0.1) is 0 Å². The number of carbonyl (C=O) groups is 1. The van der Waals surface area contributed by atoms with Gasteiger partial charge in [-0.2, -0.15) is 0 Å². The third kappa shape index (κ3) is 3.39. The van der Waals surface area contributed by atoms with Crippen molar-refractivity contribution in [1.82, 2.24) is 4.90 Å². The van der Waals surface area contributed by atoms with Crippen LogP contribution in [0.3, 0.4) is 0 Å². The lowest BCUT2D eigenvalue weighted by Crippen LogP contribution is -2.55. The van der Waals surface area contributed by atoms with Gasteiger partial charge in [0, 0.05) is 24.6 Å². The second-order valence-corrected chi connectivity index (χ2v) is 12.6. The fourth-order valence-corrected chi connectivity index (χ4v) is 8.91. The minimum absolute atomic E-state index is 0.210. The fourth-order valence-electron chi connectivity index (χ4n) is 8.91. The van der Waals surface area contributed by atoms with Gasteiger partial charge in [-0.1, -0.05) is 66.9 Å². The quantitative estimate of drug-likeness (QED) is 0.463. The van der Waals surface area contributed by atoms with Crippen LogP contribution in [0.4, 0.5) is 0 Å². The number of hydrogen-bond donors (Lipinski definition) is 0. The molecule has 4 rings (SSSR count).